The highest BCUT2D eigenvalue weighted by Crippen LogP contribution is 2.26. The predicted octanol–water partition coefficient (Wildman–Crippen LogP) is 5.44. The molecule has 0 radical (unpaired) electrons. The van der Waals surface area contributed by atoms with E-state index >= 15 is 0 Å². The highest BCUT2D eigenvalue weighted by atomic mass is 16.5. The summed E-state index contributed by atoms with van der Waals surface area (Å²) >= 11 is 0. The Morgan fingerprint density at radius 3 is 2.40 bits per heavy atom. The Labute approximate surface area is 177 Å². The average Bonchev–Trinajstić information content (AvgIpc) is 3.04. The number of benzene rings is 3. The van der Waals surface area contributed by atoms with E-state index in [1.165, 1.54) is 27.7 Å². The maximum Gasteiger partial charge on any atom is 0.123 e. The third kappa shape index (κ3) is 3.94. The van der Waals surface area contributed by atoms with Gasteiger partial charge in [0, 0.05) is 34.3 Å². The molecule has 4 heteroatoms. The number of hydrazone groups is 1. The van der Waals surface area contributed by atoms with Gasteiger partial charge < -0.3 is 14.7 Å². The number of nitrogens with zero attached hydrogens (tertiary/aromatic N) is 2. The second-order valence-corrected chi connectivity index (χ2v) is 7.43. The molecule has 0 unspecified atom stereocenters. The van der Waals surface area contributed by atoms with Gasteiger partial charge in [-0.15, -0.1) is 0 Å². The highest BCUT2D eigenvalue weighted by Gasteiger charge is 2.13. The maximum absolute atomic E-state index is 5.41. The fraction of sp³-hybridized carbons (Fsp3) is 0.192. The minimum absolute atomic E-state index is 0.613. The van der Waals surface area contributed by atoms with Gasteiger partial charge in [0.25, 0.3) is 0 Å². The summed E-state index contributed by atoms with van der Waals surface area (Å²) in [6.45, 7) is 5.79. The Morgan fingerprint density at radius 2 is 1.60 bits per heavy atom. The number of aryl methyl sites for hydroxylation is 1. The molecule has 0 aliphatic rings. The molecule has 4 nitrogen and oxygen atoms in total. The molecule has 30 heavy (non-hydrogen) atoms. The van der Waals surface area contributed by atoms with E-state index in [1.54, 1.807) is 7.11 Å². The lowest BCUT2D eigenvalue weighted by Crippen LogP contribution is -2.07. The zero-order chi connectivity index (χ0) is 20.9. The van der Waals surface area contributed by atoms with Crippen molar-refractivity contribution in [1.29, 1.82) is 0 Å². The zero-order valence-corrected chi connectivity index (χ0v) is 17.7. The summed E-state index contributed by atoms with van der Waals surface area (Å²) in [7, 11) is 1.69. The number of para-hydroxylation sites is 2. The highest BCUT2D eigenvalue weighted by molar-refractivity contribution is 6.01. The normalized spacial score (nSPS) is 11.3. The fourth-order valence-corrected chi connectivity index (χ4v) is 3.87. The van der Waals surface area contributed by atoms with Gasteiger partial charge in [-0.05, 0) is 37.1 Å². The van der Waals surface area contributed by atoms with Crippen LogP contribution in [-0.4, -0.2) is 17.9 Å². The lowest BCUT2D eigenvalue weighted by Gasteiger charge is -2.11. The van der Waals surface area contributed by atoms with Crippen molar-refractivity contribution in [2.24, 2.45) is 5.10 Å². The molecule has 3 aromatic carbocycles. The van der Waals surface area contributed by atoms with Gasteiger partial charge in [-0.25, -0.2) is 0 Å². The molecule has 0 saturated carbocycles. The van der Waals surface area contributed by atoms with Gasteiger partial charge in [-0.2, -0.15) is 5.10 Å². The second-order valence-electron chi connectivity index (χ2n) is 7.43. The molecule has 1 aromatic heterocycles. The number of nitrogens with one attached hydrogen (secondary N) is 1. The topological polar surface area (TPSA) is 38.5 Å². The van der Waals surface area contributed by atoms with Crippen molar-refractivity contribution in [2.45, 2.75) is 26.9 Å². The summed E-state index contributed by atoms with van der Waals surface area (Å²) in [5, 5.41) is 5.73. The number of methoxy groups -OCH3 is 1. The summed E-state index contributed by atoms with van der Waals surface area (Å²) < 4.78 is 7.79. The third-order valence-electron chi connectivity index (χ3n) is 5.62. The Bertz CT molecular complexity index is 1190. The van der Waals surface area contributed by atoms with E-state index in [2.05, 4.69) is 77.5 Å². The molecule has 0 aliphatic carbocycles. The quantitative estimate of drug-likeness (QED) is 0.333. The predicted molar refractivity (Wildman–Crippen MR) is 124 cm³/mol. The van der Waals surface area contributed by atoms with E-state index in [9.17, 15) is 0 Å². The molecule has 0 amide bonds. The molecule has 0 spiro atoms. The van der Waals surface area contributed by atoms with Gasteiger partial charge in [0.15, 0.2) is 0 Å². The van der Waals surface area contributed by atoms with Gasteiger partial charge in [0.1, 0.15) is 5.75 Å². The molecule has 4 rings (SSSR count). The van der Waals surface area contributed by atoms with Crippen molar-refractivity contribution in [3.63, 3.8) is 0 Å². The summed E-state index contributed by atoms with van der Waals surface area (Å²) in [6.07, 6.45) is 1.93. The first-order chi connectivity index (χ1) is 14.7. The third-order valence-corrected chi connectivity index (χ3v) is 5.62. The number of fused-ring (bicyclic) bond motifs is 1. The average molecular weight is 398 g/mol. The lowest BCUT2D eigenvalue weighted by atomic mass is 10.1. The molecule has 1 N–H and O–H groups in total. The molecular weight excluding hydrogens is 370 g/mol. The standard InChI is InChI=1S/C26H27N3O/c1-19-10-4-5-12-22(19)18-29-20(2)24(23-13-7-8-14-25(23)29)17-28-27-16-21-11-6-9-15-26(21)30-3/h4-15,17,27H,16,18H2,1-3H3/b28-17+. The fourth-order valence-electron chi connectivity index (χ4n) is 3.87. The van der Waals surface area contributed by atoms with Crippen LogP contribution in [0.5, 0.6) is 5.75 Å². The number of rotatable bonds is 7. The lowest BCUT2D eigenvalue weighted by molar-refractivity contribution is 0.408. The first-order valence-corrected chi connectivity index (χ1v) is 10.2. The number of hydrogen-bond acceptors (Lipinski definition) is 3. The van der Waals surface area contributed by atoms with Crippen molar-refractivity contribution < 1.29 is 4.74 Å². The van der Waals surface area contributed by atoms with E-state index in [4.69, 9.17) is 4.74 Å². The Hall–Kier alpha value is -3.53. The van der Waals surface area contributed by atoms with Crippen LogP contribution < -0.4 is 10.2 Å². The summed E-state index contributed by atoms with van der Waals surface area (Å²) in [5.74, 6) is 0.867. The van der Waals surface area contributed by atoms with Crippen molar-refractivity contribution in [3.05, 3.63) is 101 Å². The molecule has 0 aliphatic heterocycles. The van der Waals surface area contributed by atoms with Crippen LogP contribution in [0.15, 0.2) is 77.9 Å². The van der Waals surface area contributed by atoms with Crippen molar-refractivity contribution >= 4 is 17.1 Å². The SMILES string of the molecule is COc1ccccc1CN/N=C/c1c(C)n(Cc2ccccc2C)c2ccccc12. The van der Waals surface area contributed by atoms with E-state index < -0.39 is 0 Å². The first kappa shape index (κ1) is 19.8. The summed E-state index contributed by atoms with van der Waals surface area (Å²) in [4.78, 5) is 0. The van der Waals surface area contributed by atoms with Crippen LogP contribution in [0.4, 0.5) is 0 Å². The smallest absolute Gasteiger partial charge is 0.123 e. The molecular formula is C26H27N3O. The van der Waals surface area contributed by atoms with Crippen LogP contribution in [0.1, 0.15) is 27.9 Å². The maximum atomic E-state index is 5.41. The zero-order valence-electron chi connectivity index (χ0n) is 17.7. The monoisotopic (exact) mass is 397 g/mol. The second kappa shape index (κ2) is 8.87. The van der Waals surface area contributed by atoms with Crippen LogP contribution in [0.3, 0.4) is 0 Å². The molecule has 152 valence electrons. The number of hydrogen-bond donors (Lipinski definition) is 1. The first-order valence-electron chi connectivity index (χ1n) is 10.2. The molecule has 0 bridgehead atoms. The van der Waals surface area contributed by atoms with E-state index in [-0.39, 0.29) is 0 Å². The van der Waals surface area contributed by atoms with Gasteiger partial charge in [0.05, 0.1) is 19.9 Å². The largest absolute Gasteiger partial charge is 0.496 e. The van der Waals surface area contributed by atoms with Crippen molar-refractivity contribution in [2.75, 3.05) is 7.11 Å². The number of aromatic nitrogens is 1. The Morgan fingerprint density at radius 1 is 0.900 bits per heavy atom. The van der Waals surface area contributed by atoms with Gasteiger partial charge in [0.2, 0.25) is 0 Å². The van der Waals surface area contributed by atoms with Crippen molar-refractivity contribution in [1.82, 2.24) is 9.99 Å². The number of ether oxygens (including phenoxy) is 1. The Kier molecular flexibility index (Phi) is 5.84. The Balaban J connectivity index is 1.61. The molecule has 0 atom stereocenters. The molecule has 4 aromatic rings. The molecule has 1 heterocycles. The van der Waals surface area contributed by atoms with Crippen LogP contribution in [-0.2, 0) is 13.1 Å². The van der Waals surface area contributed by atoms with E-state index in [0.717, 1.165) is 23.4 Å². The van der Waals surface area contributed by atoms with E-state index in [1.807, 2.05) is 30.5 Å². The molecule has 0 fully saturated rings. The van der Waals surface area contributed by atoms with Gasteiger partial charge in [-0.3, -0.25) is 0 Å². The minimum Gasteiger partial charge on any atom is -0.496 e. The van der Waals surface area contributed by atoms with Gasteiger partial charge >= 0.3 is 0 Å². The van der Waals surface area contributed by atoms with Crippen molar-refractivity contribution in [3.8, 4) is 5.75 Å². The van der Waals surface area contributed by atoms with Crippen LogP contribution in [0.25, 0.3) is 10.9 Å². The van der Waals surface area contributed by atoms with Gasteiger partial charge in [-0.1, -0.05) is 60.7 Å². The summed E-state index contributed by atoms with van der Waals surface area (Å²) in [6, 6.07) is 25.1. The minimum atomic E-state index is 0.613. The van der Waals surface area contributed by atoms with Crippen LogP contribution >= 0.6 is 0 Å². The molecule has 0 saturated heterocycles. The van der Waals surface area contributed by atoms with E-state index in [0.29, 0.717) is 6.54 Å². The van der Waals surface area contributed by atoms with Crippen LogP contribution in [0, 0.1) is 13.8 Å². The summed E-state index contributed by atoms with van der Waals surface area (Å²) in [5.41, 5.74) is 10.5. The van der Waals surface area contributed by atoms with Crippen LogP contribution in [0.2, 0.25) is 0 Å².